The highest BCUT2D eigenvalue weighted by Gasteiger charge is 2.12. The number of carbonyl (C=O) groups is 1. The molecule has 2 rings (SSSR count). The molecule has 7 heteroatoms. The van der Waals surface area contributed by atoms with Gasteiger partial charge in [-0.1, -0.05) is 42.5 Å². The van der Waals surface area contributed by atoms with Gasteiger partial charge >= 0.3 is 6.03 Å². The van der Waals surface area contributed by atoms with Gasteiger partial charge in [-0.25, -0.2) is 4.79 Å². The molecule has 0 saturated heterocycles. The zero-order valence-corrected chi connectivity index (χ0v) is 13.4. The summed E-state index contributed by atoms with van der Waals surface area (Å²) in [4.78, 5) is 22.3. The third-order valence-corrected chi connectivity index (χ3v) is 3.47. The van der Waals surface area contributed by atoms with Crippen molar-refractivity contribution < 1.29 is 9.72 Å². The summed E-state index contributed by atoms with van der Waals surface area (Å²) in [6, 6.07) is 15.7. The number of anilines is 1. The third-order valence-electron chi connectivity index (χ3n) is 3.47. The molecule has 2 aromatic carbocycles. The summed E-state index contributed by atoms with van der Waals surface area (Å²) in [6.45, 7) is 2.64. The van der Waals surface area contributed by atoms with Gasteiger partial charge in [0.05, 0.1) is 11.0 Å². The molecule has 1 atom stereocenters. The van der Waals surface area contributed by atoms with E-state index >= 15 is 0 Å². The van der Waals surface area contributed by atoms with Gasteiger partial charge in [-0.15, -0.1) is 0 Å². The molecule has 24 heavy (non-hydrogen) atoms. The molecule has 2 amide bonds. The number of benzene rings is 2. The highest BCUT2D eigenvalue weighted by Crippen LogP contribution is 2.22. The maximum absolute atomic E-state index is 11.9. The van der Waals surface area contributed by atoms with Crippen LogP contribution in [0.5, 0.6) is 0 Å². The lowest BCUT2D eigenvalue weighted by molar-refractivity contribution is -0.384. The van der Waals surface area contributed by atoms with Crippen molar-refractivity contribution in [3.8, 4) is 0 Å². The number of hydrogen-bond donors (Lipinski definition) is 3. The van der Waals surface area contributed by atoms with Crippen LogP contribution in [-0.2, 0) is 0 Å². The minimum absolute atomic E-state index is 0.0136. The second-order valence-corrected chi connectivity index (χ2v) is 5.23. The van der Waals surface area contributed by atoms with E-state index in [1.165, 1.54) is 6.07 Å². The number of urea groups is 1. The lowest BCUT2D eigenvalue weighted by atomic mass is 10.1. The Morgan fingerprint density at radius 1 is 1.08 bits per heavy atom. The molecule has 0 aromatic heterocycles. The Bertz CT molecular complexity index is 691. The molecule has 0 aliphatic carbocycles. The number of carbonyl (C=O) groups excluding carboxylic acids is 1. The molecular formula is C17H20N4O3. The SMILES string of the molecule is C[C@@H](NC(=O)NCCNc1ccccc1[N+](=O)[O-])c1ccccc1. The van der Waals surface area contributed by atoms with Gasteiger partial charge < -0.3 is 16.0 Å². The molecule has 0 heterocycles. The van der Waals surface area contributed by atoms with Gasteiger partial charge in [0.15, 0.2) is 0 Å². The molecule has 0 fully saturated rings. The van der Waals surface area contributed by atoms with Crippen molar-refractivity contribution in [3.05, 3.63) is 70.3 Å². The Morgan fingerprint density at radius 3 is 2.46 bits per heavy atom. The maximum atomic E-state index is 11.9. The van der Waals surface area contributed by atoms with Crippen molar-refractivity contribution in [2.45, 2.75) is 13.0 Å². The summed E-state index contributed by atoms with van der Waals surface area (Å²) in [5.41, 5.74) is 1.47. The van der Waals surface area contributed by atoms with E-state index in [0.717, 1.165) is 5.56 Å². The second-order valence-electron chi connectivity index (χ2n) is 5.23. The normalized spacial score (nSPS) is 11.4. The van der Waals surface area contributed by atoms with Crippen LogP contribution >= 0.6 is 0 Å². The van der Waals surface area contributed by atoms with E-state index in [2.05, 4.69) is 16.0 Å². The van der Waals surface area contributed by atoms with Crippen LogP contribution in [0.4, 0.5) is 16.2 Å². The van der Waals surface area contributed by atoms with Crippen molar-refractivity contribution in [3.63, 3.8) is 0 Å². The van der Waals surface area contributed by atoms with E-state index in [9.17, 15) is 14.9 Å². The molecule has 0 bridgehead atoms. The summed E-state index contributed by atoms with van der Waals surface area (Å²) in [7, 11) is 0. The minimum atomic E-state index is -0.440. The fraction of sp³-hybridized carbons (Fsp3) is 0.235. The predicted octanol–water partition coefficient (Wildman–Crippen LogP) is 3.07. The highest BCUT2D eigenvalue weighted by molar-refractivity contribution is 5.74. The first-order chi connectivity index (χ1) is 11.6. The number of hydrogen-bond acceptors (Lipinski definition) is 4. The number of nitro groups is 1. The van der Waals surface area contributed by atoms with Crippen LogP contribution in [0, 0.1) is 10.1 Å². The van der Waals surface area contributed by atoms with Crippen LogP contribution in [0.3, 0.4) is 0 Å². The summed E-state index contributed by atoms with van der Waals surface area (Å²) in [5, 5.41) is 19.4. The molecule has 0 unspecified atom stereocenters. The van der Waals surface area contributed by atoms with Gasteiger partial charge in [-0.2, -0.15) is 0 Å². The molecule has 0 spiro atoms. The van der Waals surface area contributed by atoms with Crippen LogP contribution in [-0.4, -0.2) is 24.0 Å². The number of nitrogens with zero attached hydrogens (tertiary/aromatic N) is 1. The lowest BCUT2D eigenvalue weighted by Gasteiger charge is -2.15. The molecule has 0 aliphatic heterocycles. The highest BCUT2D eigenvalue weighted by atomic mass is 16.6. The van der Waals surface area contributed by atoms with Gasteiger partial charge in [-0.05, 0) is 18.6 Å². The van der Waals surface area contributed by atoms with Crippen LogP contribution in [0.25, 0.3) is 0 Å². The summed E-state index contributed by atoms with van der Waals surface area (Å²) in [5.74, 6) is 0. The number of rotatable bonds is 7. The Balaban J connectivity index is 1.74. The summed E-state index contributed by atoms with van der Waals surface area (Å²) >= 11 is 0. The first kappa shape index (κ1) is 17.3. The Kier molecular flexibility index (Phi) is 6.13. The van der Waals surface area contributed by atoms with Crippen molar-refractivity contribution in [2.75, 3.05) is 18.4 Å². The fourth-order valence-electron chi connectivity index (χ4n) is 2.23. The molecule has 0 aliphatic rings. The smallest absolute Gasteiger partial charge is 0.315 e. The molecule has 0 radical (unpaired) electrons. The van der Waals surface area contributed by atoms with Crippen molar-refractivity contribution in [1.29, 1.82) is 0 Å². The van der Waals surface area contributed by atoms with E-state index in [1.807, 2.05) is 37.3 Å². The quantitative estimate of drug-likeness (QED) is 0.413. The topological polar surface area (TPSA) is 96.3 Å². The average Bonchev–Trinajstić information content (AvgIpc) is 2.59. The first-order valence-corrected chi connectivity index (χ1v) is 7.64. The summed E-state index contributed by atoms with van der Waals surface area (Å²) in [6.07, 6.45) is 0. The van der Waals surface area contributed by atoms with Crippen LogP contribution < -0.4 is 16.0 Å². The van der Waals surface area contributed by atoms with E-state index in [4.69, 9.17) is 0 Å². The number of nitrogens with one attached hydrogen (secondary N) is 3. The van der Waals surface area contributed by atoms with Gasteiger partial charge in [0.25, 0.3) is 5.69 Å². The Hall–Kier alpha value is -3.09. The maximum Gasteiger partial charge on any atom is 0.315 e. The van der Waals surface area contributed by atoms with Gasteiger partial charge in [0.2, 0.25) is 0 Å². The van der Waals surface area contributed by atoms with Gasteiger partial charge in [0.1, 0.15) is 5.69 Å². The zero-order valence-electron chi connectivity index (χ0n) is 13.4. The van der Waals surface area contributed by atoms with E-state index in [0.29, 0.717) is 18.8 Å². The molecular weight excluding hydrogens is 308 g/mol. The van der Waals surface area contributed by atoms with Crippen molar-refractivity contribution in [1.82, 2.24) is 10.6 Å². The minimum Gasteiger partial charge on any atom is -0.378 e. The fourth-order valence-corrected chi connectivity index (χ4v) is 2.23. The van der Waals surface area contributed by atoms with Gasteiger partial charge in [-0.3, -0.25) is 10.1 Å². The van der Waals surface area contributed by atoms with Crippen molar-refractivity contribution >= 4 is 17.4 Å². The molecule has 3 N–H and O–H groups in total. The average molecular weight is 328 g/mol. The van der Waals surface area contributed by atoms with Crippen LogP contribution in [0.15, 0.2) is 54.6 Å². The van der Waals surface area contributed by atoms with E-state index < -0.39 is 4.92 Å². The standard InChI is InChI=1S/C17H20N4O3/c1-13(14-7-3-2-4-8-14)20-17(22)19-12-11-18-15-9-5-6-10-16(15)21(23)24/h2-10,13,18H,11-12H2,1H3,(H2,19,20,22)/t13-/m1/s1. The summed E-state index contributed by atoms with van der Waals surface area (Å²) < 4.78 is 0. The number of nitro benzene ring substituents is 1. The van der Waals surface area contributed by atoms with Gasteiger partial charge in [0, 0.05) is 19.2 Å². The second kappa shape index (κ2) is 8.52. The Morgan fingerprint density at radius 2 is 1.75 bits per heavy atom. The monoisotopic (exact) mass is 328 g/mol. The largest absolute Gasteiger partial charge is 0.378 e. The molecule has 0 saturated carbocycles. The van der Waals surface area contributed by atoms with Crippen LogP contribution in [0.2, 0.25) is 0 Å². The molecule has 2 aromatic rings. The first-order valence-electron chi connectivity index (χ1n) is 7.64. The van der Waals surface area contributed by atoms with E-state index in [1.54, 1.807) is 18.2 Å². The van der Waals surface area contributed by atoms with Crippen LogP contribution in [0.1, 0.15) is 18.5 Å². The molecule has 126 valence electrons. The predicted molar refractivity (Wildman–Crippen MR) is 93.0 cm³/mol. The zero-order chi connectivity index (χ0) is 17.4. The third kappa shape index (κ3) is 4.98. The lowest BCUT2D eigenvalue weighted by Crippen LogP contribution is -2.39. The number of para-hydroxylation sites is 2. The number of amides is 2. The van der Waals surface area contributed by atoms with Crippen molar-refractivity contribution in [2.24, 2.45) is 0 Å². The Labute approximate surface area is 140 Å². The molecule has 7 nitrogen and oxygen atoms in total. The van der Waals surface area contributed by atoms with E-state index in [-0.39, 0.29) is 17.8 Å².